The second-order valence-electron chi connectivity index (χ2n) is 4.44. The number of fused-ring (bicyclic) bond motifs is 1. The highest BCUT2D eigenvalue weighted by atomic mass is 16.5. The first-order valence-corrected chi connectivity index (χ1v) is 6.84. The number of nitriles is 1. The van der Waals surface area contributed by atoms with E-state index in [1.165, 1.54) is 0 Å². The summed E-state index contributed by atoms with van der Waals surface area (Å²) >= 11 is 0. The Kier molecular flexibility index (Phi) is 5.95. The van der Waals surface area contributed by atoms with E-state index in [4.69, 9.17) is 14.2 Å². The summed E-state index contributed by atoms with van der Waals surface area (Å²) in [7, 11) is 1.67. The van der Waals surface area contributed by atoms with E-state index < -0.39 is 0 Å². The summed E-state index contributed by atoms with van der Waals surface area (Å²) in [6.07, 6.45) is 0.864. The lowest BCUT2D eigenvalue weighted by molar-refractivity contribution is 0.0796. The Bertz CT molecular complexity index is 622. The summed E-state index contributed by atoms with van der Waals surface area (Å²) in [6.45, 7) is 2.23. The van der Waals surface area contributed by atoms with Crippen molar-refractivity contribution in [1.29, 1.82) is 5.26 Å². The first-order chi connectivity index (χ1) is 10.3. The maximum atomic E-state index is 9.18. The molecule has 1 heterocycles. The van der Waals surface area contributed by atoms with Crippen LogP contribution in [0.25, 0.3) is 10.9 Å². The van der Waals surface area contributed by atoms with Gasteiger partial charge in [0.1, 0.15) is 12.7 Å². The number of para-hydroxylation sites is 1. The molecule has 5 heteroatoms. The van der Waals surface area contributed by atoms with Gasteiger partial charge in [0.25, 0.3) is 0 Å². The summed E-state index contributed by atoms with van der Waals surface area (Å²) < 4.78 is 15.9. The van der Waals surface area contributed by atoms with Gasteiger partial charge in [0.2, 0.25) is 5.88 Å². The summed E-state index contributed by atoms with van der Waals surface area (Å²) in [5.41, 5.74) is 1.32. The van der Waals surface area contributed by atoms with Crippen LogP contribution in [0.1, 0.15) is 12.0 Å². The lowest BCUT2D eigenvalue weighted by atomic mass is 10.1. The lowest BCUT2D eigenvalue weighted by Gasteiger charge is -2.08. The van der Waals surface area contributed by atoms with Crippen molar-refractivity contribution in [2.45, 2.75) is 6.42 Å². The fourth-order valence-electron chi connectivity index (χ4n) is 1.93. The molecule has 0 bridgehead atoms. The number of aromatic nitrogens is 1. The second-order valence-corrected chi connectivity index (χ2v) is 4.44. The van der Waals surface area contributed by atoms with Gasteiger partial charge in [-0.2, -0.15) is 5.26 Å². The summed E-state index contributed by atoms with van der Waals surface area (Å²) in [4.78, 5) is 4.38. The highest BCUT2D eigenvalue weighted by Gasteiger charge is 2.05. The third-order valence-electron chi connectivity index (χ3n) is 2.93. The van der Waals surface area contributed by atoms with Gasteiger partial charge in [-0.15, -0.1) is 0 Å². The standard InChI is InChI=1S/C16H18N2O3/c1-19-7-4-8-20-9-10-21-16-11-13(12-17)14-5-2-3-6-15(14)18-16/h2-3,5-6,11H,4,7-10H2,1H3. The Hall–Kier alpha value is -2.16. The van der Waals surface area contributed by atoms with Crippen molar-refractivity contribution < 1.29 is 14.2 Å². The van der Waals surface area contributed by atoms with Crippen molar-refractivity contribution >= 4 is 10.9 Å². The van der Waals surface area contributed by atoms with E-state index in [0.717, 1.165) is 17.3 Å². The van der Waals surface area contributed by atoms with Crippen molar-refractivity contribution in [2.75, 3.05) is 33.5 Å². The van der Waals surface area contributed by atoms with Crippen LogP contribution in [0.5, 0.6) is 5.88 Å². The maximum absolute atomic E-state index is 9.18. The number of methoxy groups -OCH3 is 1. The zero-order valence-corrected chi connectivity index (χ0v) is 12.0. The van der Waals surface area contributed by atoms with Crippen LogP contribution in [0.2, 0.25) is 0 Å². The van der Waals surface area contributed by atoms with E-state index in [-0.39, 0.29) is 0 Å². The van der Waals surface area contributed by atoms with Crippen molar-refractivity contribution in [1.82, 2.24) is 4.98 Å². The summed E-state index contributed by atoms with van der Waals surface area (Å²) in [5.74, 6) is 0.450. The smallest absolute Gasteiger partial charge is 0.215 e. The van der Waals surface area contributed by atoms with Crippen LogP contribution < -0.4 is 4.74 Å². The van der Waals surface area contributed by atoms with Gasteiger partial charge < -0.3 is 14.2 Å². The molecule has 0 amide bonds. The third kappa shape index (κ3) is 4.42. The zero-order chi connectivity index (χ0) is 14.9. The zero-order valence-electron chi connectivity index (χ0n) is 12.0. The van der Waals surface area contributed by atoms with E-state index in [1.807, 2.05) is 24.3 Å². The SMILES string of the molecule is COCCCOCCOc1cc(C#N)c2ccccc2n1. The fraction of sp³-hybridized carbons (Fsp3) is 0.375. The van der Waals surface area contributed by atoms with E-state index in [1.54, 1.807) is 13.2 Å². The number of hydrogen-bond donors (Lipinski definition) is 0. The van der Waals surface area contributed by atoms with Crippen LogP contribution in [0.15, 0.2) is 30.3 Å². The van der Waals surface area contributed by atoms with Crippen molar-refractivity contribution in [2.24, 2.45) is 0 Å². The van der Waals surface area contributed by atoms with Gasteiger partial charge in [-0.3, -0.25) is 0 Å². The van der Waals surface area contributed by atoms with Crippen LogP contribution >= 0.6 is 0 Å². The van der Waals surface area contributed by atoms with Crippen LogP contribution in [0, 0.1) is 11.3 Å². The van der Waals surface area contributed by atoms with Crippen molar-refractivity contribution in [3.8, 4) is 11.9 Å². The molecule has 1 aromatic carbocycles. The number of nitrogens with zero attached hydrogens (tertiary/aromatic N) is 2. The molecule has 1 aromatic heterocycles. The molecule has 0 unspecified atom stereocenters. The van der Waals surface area contributed by atoms with Crippen LogP contribution in [-0.4, -0.2) is 38.5 Å². The van der Waals surface area contributed by atoms with Crippen molar-refractivity contribution in [3.05, 3.63) is 35.9 Å². The molecule has 0 aliphatic heterocycles. The Morgan fingerprint density at radius 3 is 2.81 bits per heavy atom. The molecule has 2 rings (SSSR count). The molecule has 0 spiro atoms. The average Bonchev–Trinajstić information content (AvgIpc) is 2.53. The highest BCUT2D eigenvalue weighted by molar-refractivity contribution is 5.85. The predicted molar refractivity (Wildman–Crippen MR) is 79.3 cm³/mol. The highest BCUT2D eigenvalue weighted by Crippen LogP contribution is 2.21. The van der Waals surface area contributed by atoms with E-state index in [9.17, 15) is 5.26 Å². The van der Waals surface area contributed by atoms with Gasteiger partial charge in [0.05, 0.1) is 17.7 Å². The summed E-state index contributed by atoms with van der Waals surface area (Å²) in [5, 5.41) is 10.0. The first-order valence-electron chi connectivity index (χ1n) is 6.84. The first kappa shape index (κ1) is 15.2. The molecule has 0 atom stereocenters. The Morgan fingerprint density at radius 2 is 2.00 bits per heavy atom. The number of benzene rings is 1. The van der Waals surface area contributed by atoms with Gasteiger partial charge in [-0.25, -0.2) is 4.98 Å². The maximum Gasteiger partial charge on any atom is 0.215 e. The molecule has 0 aliphatic rings. The van der Waals surface area contributed by atoms with Crippen LogP contribution in [0.3, 0.4) is 0 Å². The van der Waals surface area contributed by atoms with Gasteiger partial charge in [0, 0.05) is 31.8 Å². The molecular weight excluding hydrogens is 268 g/mol. The Balaban J connectivity index is 1.89. The van der Waals surface area contributed by atoms with Crippen molar-refractivity contribution in [3.63, 3.8) is 0 Å². The minimum absolute atomic E-state index is 0.406. The lowest BCUT2D eigenvalue weighted by Crippen LogP contribution is -2.09. The number of hydrogen-bond acceptors (Lipinski definition) is 5. The topological polar surface area (TPSA) is 64.4 Å². The normalized spacial score (nSPS) is 10.5. The predicted octanol–water partition coefficient (Wildman–Crippen LogP) is 2.54. The fourth-order valence-corrected chi connectivity index (χ4v) is 1.93. The van der Waals surface area contributed by atoms with Gasteiger partial charge in [-0.1, -0.05) is 18.2 Å². The molecule has 0 saturated heterocycles. The average molecular weight is 286 g/mol. The Labute approximate surface area is 124 Å². The van der Waals surface area contributed by atoms with E-state index in [0.29, 0.717) is 37.9 Å². The van der Waals surface area contributed by atoms with Gasteiger partial charge in [0.15, 0.2) is 0 Å². The number of rotatable bonds is 8. The van der Waals surface area contributed by atoms with Crippen LogP contribution in [-0.2, 0) is 9.47 Å². The van der Waals surface area contributed by atoms with Gasteiger partial charge >= 0.3 is 0 Å². The quantitative estimate of drug-likeness (QED) is 0.698. The monoisotopic (exact) mass is 286 g/mol. The number of ether oxygens (including phenoxy) is 3. The molecule has 21 heavy (non-hydrogen) atoms. The molecule has 110 valence electrons. The molecule has 5 nitrogen and oxygen atoms in total. The second kappa shape index (κ2) is 8.20. The molecule has 0 N–H and O–H groups in total. The molecule has 0 fully saturated rings. The summed E-state index contributed by atoms with van der Waals surface area (Å²) in [6, 6.07) is 11.4. The third-order valence-corrected chi connectivity index (χ3v) is 2.93. The molecule has 2 aromatic rings. The van der Waals surface area contributed by atoms with Gasteiger partial charge in [-0.05, 0) is 12.5 Å². The molecule has 0 saturated carbocycles. The minimum Gasteiger partial charge on any atom is -0.475 e. The minimum atomic E-state index is 0.406. The molecule has 0 aliphatic carbocycles. The number of pyridine rings is 1. The molecule has 0 radical (unpaired) electrons. The largest absolute Gasteiger partial charge is 0.475 e. The Morgan fingerprint density at radius 1 is 1.14 bits per heavy atom. The van der Waals surface area contributed by atoms with E-state index >= 15 is 0 Å². The molecular formula is C16H18N2O3. The van der Waals surface area contributed by atoms with Crippen LogP contribution in [0.4, 0.5) is 0 Å². The van der Waals surface area contributed by atoms with E-state index in [2.05, 4.69) is 11.1 Å².